The van der Waals surface area contributed by atoms with Crippen molar-refractivity contribution in [2.24, 2.45) is 5.92 Å². The number of nitrogens with one attached hydrogen (secondary N) is 1. The molecular formula is C20H22N4O3. The van der Waals surface area contributed by atoms with Crippen LogP contribution in [0.25, 0.3) is 11.1 Å². The lowest BCUT2D eigenvalue weighted by atomic mass is 9.96. The number of carbonyl (C=O) groups excluding carboxylic acids is 1. The first-order valence-corrected chi connectivity index (χ1v) is 9.21. The predicted octanol–water partition coefficient (Wildman–Crippen LogP) is 2.02. The van der Waals surface area contributed by atoms with E-state index in [9.17, 15) is 9.59 Å². The third-order valence-electron chi connectivity index (χ3n) is 5.09. The lowest BCUT2D eigenvalue weighted by Gasteiger charge is -2.33. The Bertz CT molecular complexity index is 972. The van der Waals surface area contributed by atoms with Crippen molar-refractivity contribution in [1.29, 1.82) is 0 Å². The number of benzene rings is 1. The van der Waals surface area contributed by atoms with Gasteiger partial charge in [0.15, 0.2) is 5.58 Å². The zero-order valence-corrected chi connectivity index (χ0v) is 15.0. The molecule has 7 nitrogen and oxygen atoms in total. The number of pyridine rings is 1. The number of fused-ring (bicyclic) bond motifs is 1. The minimum absolute atomic E-state index is 0.0234. The van der Waals surface area contributed by atoms with E-state index in [1.807, 2.05) is 18.3 Å². The summed E-state index contributed by atoms with van der Waals surface area (Å²) in [5, 5.41) is 2.97. The lowest BCUT2D eigenvalue weighted by molar-refractivity contribution is -0.121. The molecule has 1 N–H and O–H groups in total. The van der Waals surface area contributed by atoms with Gasteiger partial charge in [0.2, 0.25) is 5.91 Å². The number of rotatable bonds is 5. The maximum absolute atomic E-state index is 12.3. The Morgan fingerprint density at radius 3 is 2.78 bits per heavy atom. The molecule has 27 heavy (non-hydrogen) atoms. The van der Waals surface area contributed by atoms with E-state index in [2.05, 4.69) is 21.3 Å². The van der Waals surface area contributed by atoms with Gasteiger partial charge in [-0.05, 0) is 43.0 Å². The highest BCUT2D eigenvalue weighted by Crippen LogP contribution is 2.22. The standard InChI is InChI=1S/C20H22N4O3/c25-19(14-24-17-5-1-2-6-18(17)27-20(24)26)22-12-15-7-10-23(11-8-15)16-4-3-9-21-13-16/h1-6,9,13,15H,7-8,10-12,14H2,(H,22,25). The van der Waals surface area contributed by atoms with E-state index < -0.39 is 5.76 Å². The summed E-state index contributed by atoms with van der Waals surface area (Å²) in [5.74, 6) is -0.228. The van der Waals surface area contributed by atoms with Gasteiger partial charge in [-0.2, -0.15) is 0 Å². The fourth-order valence-corrected chi connectivity index (χ4v) is 3.56. The normalized spacial score (nSPS) is 15.2. The molecule has 0 saturated carbocycles. The second-order valence-electron chi connectivity index (χ2n) is 6.87. The van der Waals surface area contributed by atoms with Crippen molar-refractivity contribution >= 4 is 22.7 Å². The average molecular weight is 366 g/mol. The smallest absolute Gasteiger partial charge is 0.408 e. The molecule has 1 aromatic carbocycles. The number of hydrogen-bond acceptors (Lipinski definition) is 5. The first kappa shape index (κ1) is 17.3. The molecule has 140 valence electrons. The Kier molecular flexibility index (Phi) is 4.91. The Morgan fingerprint density at radius 1 is 1.19 bits per heavy atom. The van der Waals surface area contributed by atoms with E-state index >= 15 is 0 Å². The molecule has 1 amide bonds. The summed E-state index contributed by atoms with van der Waals surface area (Å²) in [5.41, 5.74) is 2.28. The molecule has 3 aromatic rings. The number of carbonyl (C=O) groups is 1. The van der Waals surface area contributed by atoms with Crippen molar-refractivity contribution in [2.45, 2.75) is 19.4 Å². The predicted molar refractivity (Wildman–Crippen MR) is 103 cm³/mol. The molecule has 4 rings (SSSR count). The molecule has 0 aliphatic carbocycles. The molecule has 0 radical (unpaired) electrons. The molecule has 3 heterocycles. The summed E-state index contributed by atoms with van der Waals surface area (Å²) in [7, 11) is 0. The summed E-state index contributed by atoms with van der Waals surface area (Å²) < 4.78 is 6.54. The molecular weight excluding hydrogens is 344 g/mol. The van der Waals surface area contributed by atoms with Gasteiger partial charge in [-0.1, -0.05) is 12.1 Å². The Hall–Kier alpha value is -3.09. The zero-order chi connectivity index (χ0) is 18.6. The van der Waals surface area contributed by atoms with Crippen molar-refractivity contribution in [2.75, 3.05) is 24.5 Å². The number of aromatic nitrogens is 2. The average Bonchev–Trinajstić information content (AvgIpc) is 3.03. The summed E-state index contributed by atoms with van der Waals surface area (Å²) in [6.07, 6.45) is 5.70. The minimum atomic E-state index is -0.504. The van der Waals surface area contributed by atoms with E-state index in [1.54, 1.807) is 24.4 Å². The number of para-hydroxylation sites is 2. The molecule has 1 saturated heterocycles. The first-order valence-electron chi connectivity index (χ1n) is 9.21. The van der Waals surface area contributed by atoms with Crippen LogP contribution < -0.4 is 16.0 Å². The van der Waals surface area contributed by atoms with Gasteiger partial charge in [-0.15, -0.1) is 0 Å². The second kappa shape index (κ2) is 7.65. The zero-order valence-electron chi connectivity index (χ0n) is 15.0. The largest absolute Gasteiger partial charge is 0.420 e. The summed E-state index contributed by atoms with van der Waals surface area (Å²) in [6, 6.07) is 11.1. The maximum atomic E-state index is 12.3. The van der Waals surface area contributed by atoms with Gasteiger partial charge in [-0.25, -0.2) is 4.79 Å². The number of anilines is 1. The van der Waals surface area contributed by atoms with Crippen LogP contribution >= 0.6 is 0 Å². The van der Waals surface area contributed by atoms with Gasteiger partial charge in [0, 0.05) is 25.8 Å². The number of nitrogens with zero attached hydrogens (tertiary/aromatic N) is 3. The Morgan fingerprint density at radius 2 is 2.00 bits per heavy atom. The molecule has 1 aliphatic heterocycles. The first-order chi connectivity index (χ1) is 13.2. The van der Waals surface area contributed by atoms with Crippen LogP contribution in [0.5, 0.6) is 0 Å². The molecule has 0 unspecified atom stereocenters. The monoisotopic (exact) mass is 366 g/mol. The van der Waals surface area contributed by atoms with Crippen molar-refractivity contribution in [1.82, 2.24) is 14.9 Å². The van der Waals surface area contributed by atoms with Crippen LogP contribution in [0.15, 0.2) is 58.0 Å². The maximum Gasteiger partial charge on any atom is 0.420 e. The molecule has 7 heteroatoms. The van der Waals surface area contributed by atoms with Crippen LogP contribution in [-0.2, 0) is 11.3 Å². The van der Waals surface area contributed by atoms with E-state index in [-0.39, 0.29) is 12.5 Å². The van der Waals surface area contributed by atoms with E-state index in [1.165, 1.54) is 4.57 Å². The molecule has 0 atom stereocenters. The SMILES string of the molecule is O=C(Cn1c(=O)oc2ccccc21)NCC1CCN(c2cccnc2)CC1. The molecule has 0 bridgehead atoms. The summed E-state index contributed by atoms with van der Waals surface area (Å²) in [6.45, 7) is 2.52. The van der Waals surface area contributed by atoms with Crippen molar-refractivity contribution in [3.8, 4) is 0 Å². The highest BCUT2D eigenvalue weighted by molar-refractivity contribution is 5.79. The van der Waals surface area contributed by atoms with Gasteiger partial charge in [0.05, 0.1) is 17.4 Å². The van der Waals surface area contributed by atoms with Gasteiger partial charge < -0.3 is 14.6 Å². The van der Waals surface area contributed by atoms with E-state index in [0.29, 0.717) is 23.6 Å². The van der Waals surface area contributed by atoms with Crippen LogP contribution in [0.4, 0.5) is 5.69 Å². The van der Waals surface area contributed by atoms with Crippen LogP contribution in [0.3, 0.4) is 0 Å². The fourth-order valence-electron chi connectivity index (χ4n) is 3.56. The quantitative estimate of drug-likeness (QED) is 0.747. The van der Waals surface area contributed by atoms with Gasteiger partial charge in [-0.3, -0.25) is 14.3 Å². The molecule has 0 spiro atoms. The topological polar surface area (TPSA) is 80.4 Å². The van der Waals surface area contributed by atoms with Gasteiger partial charge in [0.1, 0.15) is 6.54 Å². The third-order valence-corrected chi connectivity index (χ3v) is 5.09. The highest BCUT2D eigenvalue weighted by Gasteiger charge is 2.20. The fraction of sp³-hybridized carbons (Fsp3) is 0.350. The molecule has 2 aromatic heterocycles. The second-order valence-corrected chi connectivity index (χ2v) is 6.87. The Labute approximate surface area is 156 Å². The van der Waals surface area contributed by atoms with Crippen LogP contribution in [0.2, 0.25) is 0 Å². The number of hydrogen-bond donors (Lipinski definition) is 1. The summed E-state index contributed by atoms with van der Waals surface area (Å²) in [4.78, 5) is 30.8. The van der Waals surface area contributed by atoms with E-state index in [4.69, 9.17) is 4.42 Å². The molecule has 1 aliphatic rings. The van der Waals surface area contributed by atoms with Crippen molar-refractivity contribution < 1.29 is 9.21 Å². The Balaban J connectivity index is 1.29. The number of piperidine rings is 1. The van der Waals surface area contributed by atoms with Crippen LogP contribution in [0, 0.1) is 5.92 Å². The van der Waals surface area contributed by atoms with Gasteiger partial charge in [0.25, 0.3) is 0 Å². The van der Waals surface area contributed by atoms with Crippen molar-refractivity contribution in [3.05, 3.63) is 59.3 Å². The van der Waals surface area contributed by atoms with Crippen LogP contribution in [0.1, 0.15) is 12.8 Å². The van der Waals surface area contributed by atoms with Crippen LogP contribution in [-0.4, -0.2) is 35.1 Å². The van der Waals surface area contributed by atoms with Crippen molar-refractivity contribution in [3.63, 3.8) is 0 Å². The molecule has 1 fully saturated rings. The highest BCUT2D eigenvalue weighted by atomic mass is 16.4. The van der Waals surface area contributed by atoms with E-state index in [0.717, 1.165) is 31.6 Å². The number of amides is 1. The summed E-state index contributed by atoms with van der Waals surface area (Å²) >= 11 is 0. The third kappa shape index (κ3) is 3.86. The number of oxazole rings is 1. The van der Waals surface area contributed by atoms with Gasteiger partial charge >= 0.3 is 5.76 Å². The minimum Gasteiger partial charge on any atom is -0.408 e. The lowest BCUT2D eigenvalue weighted by Crippen LogP contribution is -2.40.